The number of benzene rings is 1. The molecule has 1 aromatic heterocycles. The van der Waals surface area contributed by atoms with E-state index in [-0.39, 0.29) is 11.3 Å². The van der Waals surface area contributed by atoms with Crippen molar-refractivity contribution in [3.05, 3.63) is 40.9 Å². The zero-order chi connectivity index (χ0) is 16.7. The van der Waals surface area contributed by atoms with Gasteiger partial charge in [0.05, 0.1) is 24.8 Å². The smallest absolute Gasteiger partial charge is 0.231 e. The van der Waals surface area contributed by atoms with Crippen LogP contribution in [0.1, 0.15) is 31.5 Å². The van der Waals surface area contributed by atoms with E-state index in [0.29, 0.717) is 11.7 Å². The van der Waals surface area contributed by atoms with Gasteiger partial charge in [-0.15, -0.1) is 11.3 Å². The fourth-order valence-corrected chi connectivity index (χ4v) is 3.79. The number of methoxy groups -OCH3 is 1. The monoisotopic (exact) mass is 331 g/mol. The minimum Gasteiger partial charge on any atom is -0.497 e. The predicted molar refractivity (Wildman–Crippen MR) is 91.4 cm³/mol. The number of hydrogen-bond donors (Lipinski definition) is 2. The summed E-state index contributed by atoms with van der Waals surface area (Å²) in [4.78, 5) is 17.1. The summed E-state index contributed by atoms with van der Waals surface area (Å²) >= 11 is 1.38. The third kappa shape index (κ3) is 2.67. The van der Waals surface area contributed by atoms with Crippen LogP contribution in [0.2, 0.25) is 0 Å². The second-order valence-electron chi connectivity index (χ2n) is 6.55. The molecule has 6 heteroatoms. The van der Waals surface area contributed by atoms with Crippen molar-refractivity contribution in [2.24, 2.45) is 5.41 Å². The van der Waals surface area contributed by atoms with E-state index < -0.39 is 5.41 Å². The Hall–Kier alpha value is -2.08. The number of nitrogens with zero attached hydrogens (tertiary/aromatic N) is 1. The molecule has 3 rings (SSSR count). The number of ether oxygens (including phenoxy) is 1. The molecular weight excluding hydrogens is 310 g/mol. The van der Waals surface area contributed by atoms with Crippen LogP contribution >= 0.6 is 11.3 Å². The summed E-state index contributed by atoms with van der Waals surface area (Å²) < 4.78 is 5.20. The molecule has 0 saturated heterocycles. The minimum atomic E-state index is -0.485. The van der Waals surface area contributed by atoms with E-state index in [4.69, 9.17) is 10.5 Å². The molecule has 1 heterocycles. The number of carbonyl (C=O) groups is 1. The average Bonchev–Trinajstić information content (AvgIpc) is 2.89. The van der Waals surface area contributed by atoms with Gasteiger partial charge in [-0.2, -0.15) is 0 Å². The van der Waals surface area contributed by atoms with Crippen molar-refractivity contribution < 1.29 is 9.53 Å². The fourth-order valence-electron chi connectivity index (χ4n) is 3.23. The number of nitrogens with two attached hydrogens (primary N) is 1. The van der Waals surface area contributed by atoms with E-state index in [2.05, 4.69) is 24.1 Å². The lowest BCUT2D eigenvalue weighted by molar-refractivity contribution is -0.124. The molecule has 3 N–H and O–H groups in total. The molecule has 122 valence electrons. The molecule has 1 aliphatic carbocycles. The topological polar surface area (TPSA) is 77.2 Å². The molecule has 1 atom stereocenters. The standard InChI is InChI=1S/C17H21N3O2S/c1-16(2)10-17(16,11-4-6-13(22-3)7-5-11)14(21)19-8-12-9-23-15(18)20-12/h4-7,9H,8,10H2,1-3H3,(H2,18,20)(H,19,21)/t17-/m1/s1. The van der Waals surface area contributed by atoms with Crippen molar-refractivity contribution in [2.45, 2.75) is 32.2 Å². The summed E-state index contributed by atoms with van der Waals surface area (Å²) in [6, 6.07) is 7.77. The number of rotatable bonds is 5. The molecule has 1 fully saturated rings. The minimum absolute atomic E-state index is 0.0410. The Bertz CT molecular complexity index is 724. The van der Waals surface area contributed by atoms with Gasteiger partial charge >= 0.3 is 0 Å². The largest absolute Gasteiger partial charge is 0.497 e. The number of anilines is 1. The molecule has 0 spiro atoms. The van der Waals surface area contributed by atoms with Gasteiger partial charge in [0, 0.05) is 5.38 Å². The molecule has 23 heavy (non-hydrogen) atoms. The summed E-state index contributed by atoms with van der Waals surface area (Å²) in [7, 11) is 1.64. The van der Waals surface area contributed by atoms with Crippen molar-refractivity contribution in [3.63, 3.8) is 0 Å². The highest BCUT2D eigenvalue weighted by atomic mass is 32.1. The van der Waals surface area contributed by atoms with E-state index in [9.17, 15) is 4.79 Å². The average molecular weight is 331 g/mol. The Balaban J connectivity index is 1.79. The molecule has 1 saturated carbocycles. The number of thiazole rings is 1. The fraction of sp³-hybridized carbons (Fsp3) is 0.412. The molecule has 1 aromatic carbocycles. The lowest BCUT2D eigenvalue weighted by atomic mass is 9.87. The second kappa shape index (κ2) is 5.53. The third-order valence-electron chi connectivity index (χ3n) is 4.71. The molecule has 0 unspecified atom stereocenters. The van der Waals surface area contributed by atoms with E-state index in [1.807, 2.05) is 29.6 Å². The molecule has 1 amide bonds. The van der Waals surface area contributed by atoms with Crippen LogP contribution < -0.4 is 15.8 Å². The maximum atomic E-state index is 12.9. The van der Waals surface area contributed by atoms with Crippen LogP contribution in [0, 0.1) is 5.41 Å². The van der Waals surface area contributed by atoms with Gasteiger partial charge in [0.25, 0.3) is 0 Å². The highest BCUT2D eigenvalue weighted by Crippen LogP contribution is 2.64. The summed E-state index contributed by atoms with van der Waals surface area (Å²) in [5.74, 6) is 0.833. The van der Waals surface area contributed by atoms with Gasteiger partial charge in [0.1, 0.15) is 5.75 Å². The molecule has 1 aliphatic rings. The predicted octanol–water partition coefficient (Wildman–Crippen LogP) is 2.72. The molecule has 0 bridgehead atoms. The quantitative estimate of drug-likeness (QED) is 0.883. The SMILES string of the molecule is COc1ccc([C@@]2(C(=O)NCc3csc(N)n3)CC2(C)C)cc1. The van der Waals surface area contributed by atoms with Crippen LogP contribution in [0.5, 0.6) is 5.75 Å². The van der Waals surface area contributed by atoms with Gasteiger partial charge in [0.15, 0.2) is 5.13 Å². The number of hydrogen-bond acceptors (Lipinski definition) is 5. The number of nitrogen functional groups attached to an aromatic ring is 1. The van der Waals surface area contributed by atoms with Crippen molar-refractivity contribution in [1.82, 2.24) is 10.3 Å². The van der Waals surface area contributed by atoms with Crippen LogP contribution in [0.25, 0.3) is 0 Å². The number of nitrogens with one attached hydrogen (secondary N) is 1. The molecule has 2 aromatic rings. The lowest BCUT2D eigenvalue weighted by Gasteiger charge is -2.20. The van der Waals surface area contributed by atoms with Crippen LogP contribution in [-0.4, -0.2) is 18.0 Å². The van der Waals surface area contributed by atoms with E-state index >= 15 is 0 Å². The Labute approximate surface area is 139 Å². The zero-order valence-electron chi connectivity index (χ0n) is 13.6. The molecule has 0 radical (unpaired) electrons. The molecule has 0 aliphatic heterocycles. The van der Waals surface area contributed by atoms with Crippen molar-refractivity contribution in [1.29, 1.82) is 0 Å². The maximum absolute atomic E-state index is 12.9. The first kappa shape index (κ1) is 15.8. The van der Waals surface area contributed by atoms with Crippen molar-refractivity contribution >= 4 is 22.4 Å². The number of aromatic nitrogens is 1. The van der Waals surface area contributed by atoms with Gasteiger partial charge in [-0.25, -0.2) is 4.98 Å². The summed E-state index contributed by atoms with van der Waals surface area (Å²) in [5, 5.41) is 5.40. The van der Waals surface area contributed by atoms with Crippen LogP contribution in [0.3, 0.4) is 0 Å². The number of amides is 1. The Morgan fingerprint density at radius 3 is 2.52 bits per heavy atom. The van der Waals surface area contributed by atoms with Crippen molar-refractivity contribution in [3.8, 4) is 5.75 Å². The van der Waals surface area contributed by atoms with Gasteiger partial charge in [-0.3, -0.25) is 4.79 Å². The second-order valence-corrected chi connectivity index (χ2v) is 7.44. The molecular formula is C17H21N3O2S. The Morgan fingerprint density at radius 1 is 1.39 bits per heavy atom. The van der Waals surface area contributed by atoms with Crippen LogP contribution in [0.4, 0.5) is 5.13 Å². The Morgan fingerprint density at radius 2 is 2.04 bits per heavy atom. The normalized spacial score (nSPS) is 21.7. The van der Waals surface area contributed by atoms with E-state index in [0.717, 1.165) is 23.4 Å². The third-order valence-corrected chi connectivity index (χ3v) is 5.43. The van der Waals surface area contributed by atoms with E-state index in [1.54, 1.807) is 7.11 Å². The Kier molecular flexibility index (Phi) is 3.80. The van der Waals surface area contributed by atoms with Crippen LogP contribution in [0.15, 0.2) is 29.6 Å². The van der Waals surface area contributed by atoms with Gasteiger partial charge in [0.2, 0.25) is 5.91 Å². The number of carbonyl (C=O) groups excluding carboxylic acids is 1. The van der Waals surface area contributed by atoms with Gasteiger partial charge in [-0.1, -0.05) is 26.0 Å². The summed E-state index contributed by atoms with van der Waals surface area (Å²) in [6.07, 6.45) is 0.831. The first-order chi connectivity index (χ1) is 10.9. The van der Waals surface area contributed by atoms with Crippen molar-refractivity contribution in [2.75, 3.05) is 12.8 Å². The van der Waals surface area contributed by atoms with Gasteiger partial charge in [-0.05, 0) is 29.5 Å². The molecule has 5 nitrogen and oxygen atoms in total. The first-order valence-corrected chi connectivity index (χ1v) is 8.40. The van der Waals surface area contributed by atoms with Gasteiger partial charge < -0.3 is 15.8 Å². The van der Waals surface area contributed by atoms with E-state index in [1.165, 1.54) is 11.3 Å². The summed E-state index contributed by atoms with van der Waals surface area (Å²) in [6.45, 7) is 4.65. The lowest BCUT2D eigenvalue weighted by Crippen LogP contribution is -2.37. The highest BCUT2D eigenvalue weighted by Gasteiger charge is 2.66. The van der Waals surface area contributed by atoms with Crippen LogP contribution in [-0.2, 0) is 16.8 Å². The zero-order valence-corrected chi connectivity index (χ0v) is 14.4. The summed E-state index contributed by atoms with van der Waals surface area (Å²) in [5.41, 5.74) is 6.90. The maximum Gasteiger partial charge on any atom is 0.231 e. The first-order valence-electron chi connectivity index (χ1n) is 7.52. The highest BCUT2D eigenvalue weighted by molar-refractivity contribution is 7.13.